The molecular weight excluding hydrogens is 226 g/mol. The van der Waals surface area contributed by atoms with Gasteiger partial charge in [0.25, 0.3) is 0 Å². The van der Waals surface area contributed by atoms with Gasteiger partial charge in [0.15, 0.2) is 0 Å². The van der Waals surface area contributed by atoms with Crippen molar-refractivity contribution in [2.75, 3.05) is 18.1 Å². The van der Waals surface area contributed by atoms with Crippen molar-refractivity contribution in [2.24, 2.45) is 11.8 Å². The lowest BCUT2D eigenvalue weighted by Gasteiger charge is -2.32. The molecular formula is C15H29NS. The monoisotopic (exact) mass is 255 g/mol. The van der Waals surface area contributed by atoms with E-state index in [0.29, 0.717) is 0 Å². The highest BCUT2D eigenvalue weighted by Gasteiger charge is 2.27. The van der Waals surface area contributed by atoms with E-state index in [-0.39, 0.29) is 0 Å². The number of thioether (sulfide) groups is 1. The molecule has 17 heavy (non-hydrogen) atoms. The largest absolute Gasteiger partial charge is 0.314 e. The van der Waals surface area contributed by atoms with Crippen LogP contribution in [0.5, 0.6) is 0 Å². The Hall–Kier alpha value is 0.310. The summed E-state index contributed by atoms with van der Waals surface area (Å²) in [5, 5.41) is 3.75. The van der Waals surface area contributed by atoms with Gasteiger partial charge in [-0.25, -0.2) is 0 Å². The van der Waals surface area contributed by atoms with Gasteiger partial charge in [0.05, 0.1) is 0 Å². The van der Waals surface area contributed by atoms with Crippen LogP contribution in [0.3, 0.4) is 0 Å². The second-order valence-corrected chi connectivity index (χ2v) is 7.22. The predicted molar refractivity (Wildman–Crippen MR) is 78.7 cm³/mol. The van der Waals surface area contributed by atoms with Crippen LogP contribution >= 0.6 is 11.8 Å². The lowest BCUT2D eigenvalue weighted by Crippen LogP contribution is -2.31. The Morgan fingerprint density at radius 3 is 2.53 bits per heavy atom. The van der Waals surface area contributed by atoms with Gasteiger partial charge in [0, 0.05) is 6.04 Å². The predicted octanol–water partition coefficient (Wildman–Crippen LogP) is 4.08. The molecule has 0 radical (unpaired) electrons. The Bertz CT molecular complexity index is 203. The number of rotatable bonds is 8. The third-order valence-electron chi connectivity index (χ3n) is 4.38. The first-order chi connectivity index (χ1) is 8.40. The lowest BCUT2D eigenvalue weighted by molar-refractivity contribution is 0.216. The van der Waals surface area contributed by atoms with E-state index in [1.807, 2.05) is 0 Å². The SMILES string of the molecule is CCSCCCC1CCCCC1CNC1CC1. The molecule has 2 unspecified atom stereocenters. The first-order valence-electron chi connectivity index (χ1n) is 7.71. The molecule has 2 aliphatic rings. The van der Waals surface area contributed by atoms with Crippen LogP contribution in [0, 0.1) is 11.8 Å². The topological polar surface area (TPSA) is 12.0 Å². The molecule has 100 valence electrons. The zero-order valence-electron chi connectivity index (χ0n) is 11.4. The van der Waals surface area contributed by atoms with E-state index >= 15 is 0 Å². The van der Waals surface area contributed by atoms with Gasteiger partial charge < -0.3 is 5.32 Å². The zero-order valence-corrected chi connectivity index (χ0v) is 12.2. The molecule has 0 spiro atoms. The molecule has 0 bridgehead atoms. The summed E-state index contributed by atoms with van der Waals surface area (Å²) >= 11 is 2.11. The Morgan fingerprint density at radius 2 is 1.82 bits per heavy atom. The highest BCUT2D eigenvalue weighted by molar-refractivity contribution is 7.99. The van der Waals surface area contributed by atoms with Crippen LogP contribution < -0.4 is 5.32 Å². The second-order valence-electron chi connectivity index (χ2n) is 5.83. The smallest absolute Gasteiger partial charge is 0.00683 e. The molecule has 1 nitrogen and oxygen atoms in total. The molecule has 0 amide bonds. The molecule has 0 aromatic carbocycles. The minimum absolute atomic E-state index is 0.897. The fourth-order valence-corrected chi connectivity index (χ4v) is 3.79. The van der Waals surface area contributed by atoms with Crippen LogP contribution in [0.1, 0.15) is 58.3 Å². The number of nitrogens with one attached hydrogen (secondary N) is 1. The maximum atomic E-state index is 3.75. The van der Waals surface area contributed by atoms with Gasteiger partial charge in [-0.1, -0.05) is 26.2 Å². The third-order valence-corrected chi connectivity index (χ3v) is 5.37. The van der Waals surface area contributed by atoms with Gasteiger partial charge >= 0.3 is 0 Å². The van der Waals surface area contributed by atoms with Crippen molar-refractivity contribution in [1.29, 1.82) is 0 Å². The summed E-state index contributed by atoms with van der Waals surface area (Å²) in [6.45, 7) is 3.59. The van der Waals surface area contributed by atoms with Crippen molar-refractivity contribution in [3.63, 3.8) is 0 Å². The molecule has 0 aromatic rings. The summed E-state index contributed by atoms with van der Waals surface area (Å²) in [5.74, 6) is 4.70. The van der Waals surface area contributed by atoms with E-state index in [2.05, 4.69) is 24.0 Å². The molecule has 0 aliphatic heterocycles. The highest BCUT2D eigenvalue weighted by Crippen LogP contribution is 2.33. The van der Waals surface area contributed by atoms with E-state index in [1.165, 1.54) is 69.4 Å². The zero-order chi connectivity index (χ0) is 11.9. The van der Waals surface area contributed by atoms with E-state index in [9.17, 15) is 0 Å². The maximum absolute atomic E-state index is 3.75. The van der Waals surface area contributed by atoms with Crippen molar-refractivity contribution in [2.45, 2.75) is 64.3 Å². The first kappa shape index (κ1) is 13.7. The quantitative estimate of drug-likeness (QED) is 0.656. The molecule has 2 atom stereocenters. The van der Waals surface area contributed by atoms with Crippen molar-refractivity contribution in [3.8, 4) is 0 Å². The van der Waals surface area contributed by atoms with Gasteiger partial charge in [-0.05, 0) is 62.0 Å². The Kier molecular flexibility index (Phi) is 6.21. The molecule has 1 N–H and O–H groups in total. The van der Waals surface area contributed by atoms with Crippen LogP contribution in [0.15, 0.2) is 0 Å². The first-order valence-corrected chi connectivity index (χ1v) is 8.86. The lowest BCUT2D eigenvalue weighted by atomic mass is 9.77. The highest BCUT2D eigenvalue weighted by atomic mass is 32.2. The van der Waals surface area contributed by atoms with Crippen LogP contribution in [-0.4, -0.2) is 24.1 Å². The van der Waals surface area contributed by atoms with E-state index < -0.39 is 0 Å². The van der Waals surface area contributed by atoms with E-state index in [4.69, 9.17) is 0 Å². The Balaban J connectivity index is 1.63. The number of hydrogen-bond donors (Lipinski definition) is 1. The van der Waals surface area contributed by atoms with Gasteiger partial charge in [0.1, 0.15) is 0 Å². The van der Waals surface area contributed by atoms with Gasteiger partial charge in [-0.3, -0.25) is 0 Å². The maximum Gasteiger partial charge on any atom is 0.00683 e. The summed E-state index contributed by atoms with van der Waals surface area (Å²) in [4.78, 5) is 0. The average molecular weight is 255 g/mol. The Morgan fingerprint density at radius 1 is 1.06 bits per heavy atom. The fraction of sp³-hybridized carbons (Fsp3) is 1.00. The molecule has 0 saturated heterocycles. The van der Waals surface area contributed by atoms with Crippen LogP contribution in [0.25, 0.3) is 0 Å². The van der Waals surface area contributed by atoms with Crippen molar-refractivity contribution >= 4 is 11.8 Å². The molecule has 2 aliphatic carbocycles. The molecule has 0 heterocycles. The van der Waals surface area contributed by atoms with Gasteiger partial charge in [-0.2, -0.15) is 11.8 Å². The normalized spacial score (nSPS) is 29.5. The molecule has 2 saturated carbocycles. The standard InChI is InChI=1S/C15H29NS/c1-2-17-11-5-8-13-6-3-4-7-14(13)12-16-15-9-10-15/h13-16H,2-12H2,1H3. The average Bonchev–Trinajstić information content (AvgIpc) is 3.17. The van der Waals surface area contributed by atoms with Gasteiger partial charge in [0.2, 0.25) is 0 Å². The summed E-state index contributed by atoms with van der Waals surface area (Å²) in [6.07, 6.45) is 11.8. The minimum atomic E-state index is 0.897. The molecule has 2 rings (SSSR count). The van der Waals surface area contributed by atoms with E-state index in [0.717, 1.165) is 17.9 Å². The van der Waals surface area contributed by atoms with Crippen molar-refractivity contribution in [3.05, 3.63) is 0 Å². The van der Waals surface area contributed by atoms with Crippen molar-refractivity contribution in [1.82, 2.24) is 5.32 Å². The Labute approximate surface area is 112 Å². The molecule has 2 heteroatoms. The van der Waals surface area contributed by atoms with Crippen LogP contribution in [-0.2, 0) is 0 Å². The molecule has 0 aromatic heterocycles. The molecule has 2 fully saturated rings. The minimum Gasteiger partial charge on any atom is -0.314 e. The summed E-state index contributed by atoms with van der Waals surface area (Å²) in [7, 11) is 0. The van der Waals surface area contributed by atoms with E-state index in [1.54, 1.807) is 0 Å². The fourth-order valence-electron chi connectivity index (χ4n) is 3.13. The summed E-state index contributed by atoms with van der Waals surface area (Å²) < 4.78 is 0. The summed E-state index contributed by atoms with van der Waals surface area (Å²) in [6, 6.07) is 0.897. The van der Waals surface area contributed by atoms with Crippen LogP contribution in [0.2, 0.25) is 0 Å². The van der Waals surface area contributed by atoms with Crippen molar-refractivity contribution < 1.29 is 0 Å². The third kappa shape index (κ3) is 5.21. The van der Waals surface area contributed by atoms with Crippen LogP contribution in [0.4, 0.5) is 0 Å². The summed E-state index contributed by atoms with van der Waals surface area (Å²) in [5.41, 5.74) is 0. The van der Waals surface area contributed by atoms with Gasteiger partial charge in [-0.15, -0.1) is 0 Å². The second kappa shape index (κ2) is 7.68. The number of hydrogen-bond acceptors (Lipinski definition) is 2.